The Balaban J connectivity index is 1.53. The average molecular weight is 381 g/mol. The molecule has 4 aromatic heterocycles. The van der Waals surface area contributed by atoms with Crippen LogP contribution in [-0.2, 0) is 0 Å². The molecule has 0 aliphatic heterocycles. The fraction of sp³-hybridized carbons (Fsp3) is 0.250. The Morgan fingerprint density at radius 2 is 2.14 bits per heavy atom. The number of hydrogen-bond acceptors (Lipinski definition) is 3. The topological polar surface area (TPSA) is 75.1 Å². The lowest BCUT2D eigenvalue weighted by atomic mass is 10.1. The zero-order chi connectivity index (χ0) is 19.3. The minimum Gasteiger partial charge on any atom is -0.346 e. The molecule has 28 heavy (non-hydrogen) atoms. The van der Waals surface area contributed by atoms with E-state index in [2.05, 4.69) is 27.4 Å². The molecule has 1 saturated carbocycles. The molecule has 1 aliphatic rings. The number of nitrogens with zero attached hydrogens (tertiary/aromatic N) is 3. The predicted molar refractivity (Wildman–Crippen MR) is 101 cm³/mol. The fourth-order valence-corrected chi connectivity index (χ4v) is 3.43. The van der Waals surface area contributed by atoms with E-state index < -0.39 is 18.9 Å². The van der Waals surface area contributed by atoms with Crippen molar-refractivity contribution in [3.05, 3.63) is 54.2 Å². The van der Waals surface area contributed by atoms with Crippen molar-refractivity contribution >= 4 is 22.6 Å². The molecular formula is C20H17F2N5O. The molecule has 8 heteroatoms. The van der Waals surface area contributed by atoms with Crippen molar-refractivity contribution in [2.45, 2.75) is 25.2 Å². The van der Waals surface area contributed by atoms with Crippen LogP contribution >= 0.6 is 0 Å². The van der Waals surface area contributed by atoms with Crippen molar-refractivity contribution in [2.75, 3.05) is 6.54 Å². The maximum atomic E-state index is 12.4. The van der Waals surface area contributed by atoms with Crippen molar-refractivity contribution in [1.29, 1.82) is 0 Å². The van der Waals surface area contributed by atoms with E-state index in [-0.39, 0.29) is 5.69 Å². The second-order valence-electron chi connectivity index (χ2n) is 7.00. The summed E-state index contributed by atoms with van der Waals surface area (Å²) >= 11 is 0. The number of H-pyrrole nitrogens is 1. The summed E-state index contributed by atoms with van der Waals surface area (Å²) in [6.07, 6.45) is 4.86. The lowest BCUT2D eigenvalue weighted by molar-refractivity contribution is 0.0886. The van der Waals surface area contributed by atoms with Gasteiger partial charge in [0.15, 0.2) is 0 Å². The first-order valence-corrected chi connectivity index (χ1v) is 9.12. The maximum Gasteiger partial charge on any atom is 0.270 e. The van der Waals surface area contributed by atoms with Crippen LogP contribution in [0, 0.1) is 0 Å². The number of carbonyl (C=O) groups excluding carboxylic acids is 1. The summed E-state index contributed by atoms with van der Waals surface area (Å²) in [5, 5.41) is 3.21. The van der Waals surface area contributed by atoms with Gasteiger partial charge in [0.2, 0.25) is 0 Å². The van der Waals surface area contributed by atoms with Crippen LogP contribution in [0.15, 0.2) is 42.9 Å². The summed E-state index contributed by atoms with van der Waals surface area (Å²) in [6.45, 7) is -0.691. The van der Waals surface area contributed by atoms with Gasteiger partial charge in [-0.05, 0) is 37.1 Å². The maximum absolute atomic E-state index is 12.4. The molecule has 4 heterocycles. The number of imidazole rings is 1. The summed E-state index contributed by atoms with van der Waals surface area (Å²) in [7, 11) is 0. The van der Waals surface area contributed by atoms with E-state index in [4.69, 9.17) is 4.98 Å². The number of aromatic nitrogens is 4. The summed E-state index contributed by atoms with van der Waals surface area (Å²) < 4.78 is 26.4. The number of alkyl halides is 2. The van der Waals surface area contributed by atoms with Crippen LogP contribution in [0.5, 0.6) is 0 Å². The van der Waals surface area contributed by atoms with Crippen molar-refractivity contribution in [2.24, 2.45) is 0 Å². The first-order chi connectivity index (χ1) is 13.6. The first-order valence-electron chi connectivity index (χ1n) is 9.12. The second kappa shape index (κ2) is 6.40. The molecule has 1 aliphatic carbocycles. The predicted octanol–water partition coefficient (Wildman–Crippen LogP) is 3.75. The Hall–Kier alpha value is -3.29. The van der Waals surface area contributed by atoms with Gasteiger partial charge in [0, 0.05) is 40.5 Å². The molecule has 5 rings (SSSR count). The Labute approximate surface area is 158 Å². The minimum absolute atomic E-state index is 0.214. The Kier molecular flexibility index (Phi) is 3.85. The highest BCUT2D eigenvalue weighted by molar-refractivity contribution is 5.95. The van der Waals surface area contributed by atoms with Gasteiger partial charge in [-0.15, -0.1) is 0 Å². The molecule has 0 radical (unpaired) electrons. The van der Waals surface area contributed by atoms with Crippen LogP contribution in [0.4, 0.5) is 8.78 Å². The molecule has 0 unspecified atom stereocenters. The number of halogens is 2. The van der Waals surface area contributed by atoms with E-state index in [0.29, 0.717) is 11.6 Å². The van der Waals surface area contributed by atoms with E-state index in [1.165, 1.54) is 19.0 Å². The van der Waals surface area contributed by atoms with E-state index >= 15 is 0 Å². The van der Waals surface area contributed by atoms with Crippen molar-refractivity contribution < 1.29 is 13.6 Å². The molecule has 2 N–H and O–H groups in total. The molecule has 6 nitrogen and oxygen atoms in total. The highest BCUT2D eigenvalue weighted by atomic mass is 19.3. The Morgan fingerprint density at radius 3 is 2.93 bits per heavy atom. The molecule has 0 bridgehead atoms. The molecule has 0 atom stereocenters. The summed E-state index contributed by atoms with van der Waals surface area (Å²) in [4.78, 5) is 24.3. The van der Waals surface area contributed by atoms with Crippen LogP contribution in [-0.4, -0.2) is 38.2 Å². The lowest BCUT2D eigenvalue weighted by Gasteiger charge is -2.06. The molecule has 142 valence electrons. The van der Waals surface area contributed by atoms with Gasteiger partial charge in [-0.2, -0.15) is 0 Å². The highest BCUT2D eigenvalue weighted by Crippen LogP contribution is 2.40. The van der Waals surface area contributed by atoms with Gasteiger partial charge >= 0.3 is 0 Å². The number of nitrogens with one attached hydrogen (secondary N) is 2. The van der Waals surface area contributed by atoms with Crippen LogP contribution in [0.3, 0.4) is 0 Å². The first kappa shape index (κ1) is 16.9. The lowest BCUT2D eigenvalue weighted by Crippen LogP contribution is -2.29. The molecule has 4 aromatic rings. The number of amides is 1. The van der Waals surface area contributed by atoms with Gasteiger partial charge in [0.1, 0.15) is 17.0 Å². The zero-order valence-electron chi connectivity index (χ0n) is 14.8. The third-order valence-corrected chi connectivity index (χ3v) is 5.02. The van der Waals surface area contributed by atoms with E-state index in [0.717, 1.165) is 27.9 Å². The number of carbonyl (C=O) groups is 1. The zero-order valence-corrected chi connectivity index (χ0v) is 14.8. The van der Waals surface area contributed by atoms with Crippen molar-refractivity contribution in [3.63, 3.8) is 0 Å². The normalized spacial score (nSPS) is 14.2. The smallest absolute Gasteiger partial charge is 0.270 e. The highest BCUT2D eigenvalue weighted by Gasteiger charge is 2.25. The quantitative estimate of drug-likeness (QED) is 0.553. The number of pyridine rings is 2. The second-order valence-corrected chi connectivity index (χ2v) is 7.00. The third kappa shape index (κ3) is 2.90. The van der Waals surface area contributed by atoms with E-state index in [1.807, 2.05) is 12.3 Å². The van der Waals surface area contributed by atoms with Gasteiger partial charge in [-0.3, -0.25) is 9.20 Å². The SMILES string of the molecule is O=C(NCC(F)F)c1cnc2ccc(-c3c[nH]c4nc(C5CC5)ccc34)cn12. The number of aromatic amines is 1. The average Bonchev–Trinajstić information content (AvgIpc) is 3.33. The molecule has 1 fully saturated rings. The largest absolute Gasteiger partial charge is 0.346 e. The van der Waals surface area contributed by atoms with Crippen LogP contribution in [0.2, 0.25) is 0 Å². The summed E-state index contributed by atoms with van der Waals surface area (Å²) in [6, 6.07) is 7.84. The summed E-state index contributed by atoms with van der Waals surface area (Å²) in [5.74, 6) is -0.00706. The van der Waals surface area contributed by atoms with E-state index in [9.17, 15) is 13.6 Å². The van der Waals surface area contributed by atoms with Gasteiger partial charge in [0.25, 0.3) is 12.3 Å². The summed E-state index contributed by atoms with van der Waals surface area (Å²) in [5.41, 5.74) is 4.57. The van der Waals surface area contributed by atoms with Crippen molar-refractivity contribution in [3.8, 4) is 11.1 Å². The van der Waals surface area contributed by atoms with Gasteiger partial charge in [-0.25, -0.2) is 18.7 Å². The van der Waals surface area contributed by atoms with Gasteiger partial charge < -0.3 is 10.3 Å². The number of fused-ring (bicyclic) bond motifs is 2. The van der Waals surface area contributed by atoms with Crippen LogP contribution in [0.25, 0.3) is 27.8 Å². The molecule has 1 amide bonds. The third-order valence-electron chi connectivity index (χ3n) is 5.02. The molecular weight excluding hydrogens is 364 g/mol. The number of rotatable bonds is 5. The van der Waals surface area contributed by atoms with E-state index in [1.54, 1.807) is 16.7 Å². The van der Waals surface area contributed by atoms with Crippen LogP contribution < -0.4 is 5.32 Å². The Morgan fingerprint density at radius 1 is 1.29 bits per heavy atom. The molecule has 0 saturated heterocycles. The van der Waals surface area contributed by atoms with Crippen LogP contribution in [0.1, 0.15) is 34.9 Å². The Bertz CT molecular complexity index is 1190. The van der Waals surface area contributed by atoms with Crippen molar-refractivity contribution in [1.82, 2.24) is 24.7 Å². The molecule has 0 spiro atoms. The fourth-order valence-electron chi connectivity index (χ4n) is 3.43. The van der Waals surface area contributed by atoms with Gasteiger partial charge in [-0.1, -0.05) is 0 Å². The van der Waals surface area contributed by atoms with Gasteiger partial charge in [0.05, 0.1) is 12.7 Å². The minimum atomic E-state index is -2.60. The number of hydrogen-bond donors (Lipinski definition) is 2. The molecule has 0 aromatic carbocycles. The monoisotopic (exact) mass is 381 g/mol. The standard InChI is InChI=1S/C20H17F2N5O/c21-17(22)9-25-20(28)16-8-23-18-6-3-12(10-27(16)18)14-7-24-19-13(14)4-5-15(26-19)11-1-2-11/h3-8,10-11,17H,1-2,9H2,(H,24,26)(H,25,28).